The van der Waals surface area contributed by atoms with Gasteiger partial charge < -0.3 is 14.9 Å². The predicted octanol–water partition coefficient (Wildman–Crippen LogP) is 1.78. The SMILES string of the molecule is CN(CC(=O)c1ccc(O)cc1O)CC1CCCCO1. The van der Waals surface area contributed by atoms with Gasteiger partial charge in [-0.3, -0.25) is 9.69 Å². The second kappa shape index (κ2) is 6.72. The molecule has 0 aromatic heterocycles. The van der Waals surface area contributed by atoms with Gasteiger partial charge in [-0.25, -0.2) is 0 Å². The molecule has 1 aliphatic rings. The predicted molar refractivity (Wildman–Crippen MR) is 75.2 cm³/mol. The summed E-state index contributed by atoms with van der Waals surface area (Å²) in [5.41, 5.74) is 0.235. The molecule has 0 bridgehead atoms. The number of likely N-dealkylation sites (N-methyl/N-ethyl adjacent to an activating group) is 1. The zero-order valence-corrected chi connectivity index (χ0v) is 11.7. The molecule has 1 saturated heterocycles. The Morgan fingerprint density at radius 1 is 1.40 bits per heavy atom. The summed E-state index contributed by atoms with van der Waals surface area (Å²) in [6.07, 6.45) is 3.50. The third-order valence-electron chi connectivity index (χ3n) is 3.48. The minimum absolute atomic E-state index is 0.0528. The van der Waals surface area contributed by atoms with Gasteiger partial charge in [-0.15, -0.1) is 0 Å². The van der Waals surface area contributed by atoms with E-state index in [1.165, 1.54) is 24.6 Å². The van der Waals surface area contributed by atoms with Crippen molar-refractivity contribution in [3.05, 3.63) is 23.8 Å². The number of benzene rings is 1. The summed E-state index contributed by atoms with van der Waals surface area (Å²) >= 11 is 0. The fourth-order valence-electron chi connectivity index (χ4n) is 2.45. The molecule has 2 N–H and O–H groups in total. The van der Waals surface area contributed by atoms with E-state index in [1.807, 2.05) is 11.9 Å². The monoisotopic (exact) mass is 279 g/mol. The highest BCUT2D eigenvalue weighted by atomic mass is 16.5. The van der Waals surface area contributed by atoms with E-state index < -0.39 is 0 Å². The molecule has 20 heavy (non-hydrogen) atoms. The van der Waals surface area contributed by atoms with Gasteiger partial charge in [-0.2, -0.15) is 0 Å². The standard InChI is InChI=1S/C15H21NO4/c1-16(9-12-4-2-3-7-20-12)10-15(19)13-6-5-11(17)8-14(13)18/h5-6,8,12,17-18H,2-4,7,9-10H2,1H3. The summed E-state index contributed by atoms with van der Waals surface area (Å²) in [6.45, 7) is 1.73. The summed E-state index contributed by atoms with van der Waals surface area (Å²) in [7, 11) is 1.87. The molecule has 0 radical (unpaired) electrons. The van der Waals surface area contributed by atoms with Gasteiger partial charge in [0.05, 0.1) is 18.2 Å². The molecule has 1 aliphatic heterocycles. The zero-order chi connectivity index (χ0) is 14.5. The van der Waals surface area contributed by atoms with Gasteiger partial charge in [-0.05, 0) is 38.4 Å². The van der Waals surface area contributed by atoms with Crippen molar-refractivity contribution in [2.24, 2.45) is 0 Å². The average Bonchev–Trinajstić information content (AvgIpc) is 2.39. The van der Waals surface area contributed by atoms with E-state index in [2.05, 4.69) is 0 Å². The smallest absolute Gasteiger partial charge is 0.180 e. The Balaban J connectivity index is 1.89. The van der Waals surface area contributed by atoms with Crippen LogP contribution in [0.25, 0.3) is 0 Å². The lowest BCUT2D eigenvalue weighted by molar-refractivity contribution is -0.000674. The van der Waals surface area contributed by atoms with Gasteiger partial charge in [-0.1, -0.05) is 0 Å². The molecule has 1 aromatic rings. The van der Waals surface area contributed by atoms with Crippen LogP contribution in [0.1, 0.15) is 29.6 Å². The van der Waals surface area contributed by atoms with Crippen molar-refractivity contribution in [3.8, 4) is 11.5 Å². The molecule has 2 rings (SSSR count). The van der Waals surface area contributed by atoms with Crippen LogP contribution in [0.3, 0.4) is 0 Å². The first-order valence-electron chi connectivity index (χ1n) is 6.91. The Morgan fingerprint density at radius 2 is 2.20 bits per heavy atom. The number of aromatic hydroxyl groups is 2. The molecular formula is C15H21NO4. The van der Waals surface area contributed by atoms with E-state index in [9.17, 15) is 15.0 Å². The first kappa shape index (κ1) is 14.8. The third kappa shape index (κ3) is 3.95. The number of hydrogen-bond donors (Lipinski definition) is 2. The number of phenolic OH excluding ortho intramolecular Hbond substituents is 2. The molecule has 5 nitrogen and oxygen atoms in total. The Morgan fingerprint density at radius 3 is 2.85 bits per heavy atom. The van der Waals surface area contributed by atoms with Crippen LogP contribution < -0.4 is 0 Å². The summed E-state index contributed by atoms with van der Waals surface area (Å²) < 4.78 is 5.64. The molecule has 0 amide bonds. The second-order valence-electron chi connectivity index (χ2n) is 5.31. The van der Waals surface area contributed by atoms with Crippen molar-refractivity contribution in [2.45, 2.75) is 25.4 Å². The molecule has 5 heteroatoms. The zero-order valence-electron chi connectivity index (χ0n) is 11.7. The third-order valence-corrected chi connectivity index (χ3v) is 3.48. The Hall–Kier alpha value is -1.59. The van der Waals surface area contributed by atoms with Gasteiger partial charge >= 0.3 is 0 Å². The first-order valence-corrected chi connectivity index (χ1v) is 6.91. The van der Waals surface area contributed by atoms with Gasteiger partial charge in [0.25, 0.3) is 0 Å². The number of Topliss-reactive ketones (excluding diaryl/α,β-unsaturated/α-hetero) is 1. The van der Waals surface area contributed by atoms with Crippen molar-refractivity contribution in [1.82, 2.24) is 4.90 Å². The number of nitrogens with zero attached hydrogens (tertiary/aromatic N) is 1. The number of phenols is 2. The number of carbonyl (C=O) groups excluding carboxylic acids is 1. The van der Waals surface area contributed by atoms with E-state index in [-0.39, 0.29) is 35.5 Å². The Labute approximate surface area is 118 Å². The van der Waals surface area contributed by atoms with Gasteiger partial charge in [0, 0.05) is 19.2 Å². The van der Waals surface area contributed by atoms with Crippen LogP contribution in [0.5, 0.6) is 11.5 Å². The maximum absolute atomic E-state index is 12.1. The minimum Gasteiger partial charge on any atom is -0.508 e. The number of carbonyl (C=O) groups is 1. The van der Waals surface area contributed by atoms with Gasteiger partial charge in [0.1, 0.15) is 11.5 Å². The fraction of sp³-hybridized carbons (Fsp3) is 0.533. The quantitative estimate of drug-likeness (QED) is 0.804. The van der Waals surface area contributed by atoms with E-state index in [0.29, 0.717) is 6.54 Å². The maximum Gasteiger partial charge on any atom is 0.180 e. The molecule has 0 spiro atoms. The van der Waals surface area contributed by atoms with E-state index in [0.717, 1.165) is 19.4 Å². The van der Waals surface area contributed by atoms with Crippen LogP contribution in [0, 0.1) is 0 Å². The molecule has 1 fully saturated rings. The summed E-state index contributed by atoms with van der Waals surface area (Å²) in [4.78, 5) is 14.0. The molecule has 1 atom stereocenters. The number of ether oxygens (including phenoxy) is 1. The lowest BCUT2D eigenvalue weighted by atomic mass is 10.1. The van der Waals surface area contributed by atoms with Crippen LogP contribution in [0.4, 0.5) is 0 Å². The molecule has 1 unspecified atom stereocenters. The number of hydrogen-bond acceptors (Lipinski definition) is 5. The fourth-order valence-corrected chi connectivity index (χ4v) is 2.45. The number of rotatable bonds is 5. The average molecular weight is 279 g/mol. The van der Waals surface area contributed by atoms with E-state index >= 15 is 0 Å². The van der Waals surface area contributed by atoms with Crippen LogP contribution in [0.2, 0.25) is 0 Å². The summed E-state index contributed by atoms with van der Waals surface area (Å²) in [5.74, 6) is -0.402. The van der Waals surface area contributed by atoms with E-state index in [4.69, 9.17) is 4.74 Å². The van der Waals surface area contributed by atoms with Crippen LogP contribution in [0.15, 0.2) is 18.2 Å². The van der Waals surface area contributed by atoms with Crippen molar-refractivity contribution in [2.75, 3.05) is 26.7 Å². The Kier molecular flexibility index (Phi) is 4.98. The summed E-state index contributed by atoms with van der Waals surface area (Å²) in [6, 6.07) is 4.02. The highest BCUT2D eigenvalue weighted by Gasteiger charge is 2.19. The lowest BCUT2D eigenvalue weighted by Crippen LogP contribution is -2.36. The van der Waals surface area contributed by atoms with E-state index in [1.54, 1.807) is 0 Å². The maximum atomic E-state index is 12.1. The van der Waals surface area contributed by atoms with Crippen molar-refractivity contribution >= 4 is 5.78 Å². The van der Waals surface area contributed by atoms with Gasteiger partial charge in [0.15, 0.2) is 5.78 Å². The number of ketones is 1. The summed E-state index contributed by atoms with van der Waals surface area (Å²) in [5, 5.41) is 18.9. The van der Waals surface area contributed by atoms with Crippen molar-refractivity contribution < 1.29 is 19.7 Å². The van der Waals surface area contributed by atoms with Crippen LogP contribution in [-0.4, -0.2) is 53.7 Å². The largest absolute Gasteiger partial charge is 0.508 e. The molecule has 1 aromatic carbocycles. The molecular weight excluding hydrogens is 258 g/mol. The molecule has 1 heterocycles. The van der Waals surface area contributed by atoms with Crippen molar-refractivity contribution in [1.29, 1.82) is 0 Å². The lowest BCUT2D eigenvalue weighted by Gasteiger charge is -2.27. The van der Waals surface area contributed by atoms with Gasteiger partial charge in [0.2, 0.25) is 0 Å². The Bertz CT molecular complexity index is 469. The second-order valence-corrected chi connectivity index (χ2v) is 5.31. The van der Waals surface area contributed by atoms with Crippen LogP contribution in [-0.2, 0) is 4.74 Å². The van der Waals surface area contributed by atoms with Crippen LogP contribution >= 0.6 is 0 Å². The molecule has 0 saturated carbocycles. The molecule has 0 aliphatic carbocycles. The minimum atomic E-state index is -0.183. The normalized spacial score (nSPS) is 19.2. The first-order chi connectivity index (χ1) is 9.56. The van der Waals surface area contributed by atoms with Crippen molar-refractivity contribution in [3.63, 3.8) is 0 Å². The highest BCUT2D eigenvalue weighted by molar-refractivity contribution is 6.00. The highest BCUT2D eigenvalue weighted by Crippen LogP contribution is 2.23. The topological polar surface area (TPSA) is 70.0 Å². The molecule has 110 valence electrons.